The van der Waals surface area contributed by atoms with Crippen molar-refractivity contribution in [1.82, 2.24) is 0 Å². The van der Waals surface area contributed by atoms with E-state index in [2.05, 4.69) is 4.33 Å². The fourth-order valence-electron chi connectivity index (χ4n) is 0.411. The van der Waals surface area contributed by atoms with Crippen LogP contribution in [0.15, 0.2) is 0 Å². The van der Waals surface area contributed by atoms with E-state index in [9.17, 15) is 0 Å². The minimum absolute atomic E-state index is 0.831. The summed E-state index contributed by atoms with van der Waals surface area (Å²) in [6.45, 7) is 0. The SMILES string of the molecule is OOSCC1CC1. The minimum Gasteiger partial charge on any atom is -0.239 e. The second-order valence-corrected chi connectivity index (χ2v) is 2.52. The fraction of sp³-hybridized carbons (Fsp3) is 1.00. The van der Waals surface area contributed by atoms with E-state index in [-0.39, 0.29) is 0 Å². The van der Waals surface area contributed by atoms with Crippen LogP contribution in [0.25, 0.3) is 0 Å². The van der Waals surface area contributed by atoms with E-state index in [1.54, 1.807) is 0 Å². The van der Waals surface area contributed by atoms with Gasteiger partial charge in [0.2, 0.25) is 0 Å². The van der Waals surface area contributed by atoms with Crippen LogP contribution in [-0.4, -0.2) is 11.0 Å². The summed E-state index contributed by atoms with van der Waals surface area (Å²) in [7, 11) is 0. The molecule has 0 aromatic heterocycles. The molecule has 0 bridgehead atoms. The Labute approximate surface area is 47.0 Å². The monoisotopic (exact) mass is 120 g/mol. The molecular weight excluding hydrogens is 112 g/mol. The van der Waals surface area contributed by atoms with Crippen LogP contribution >= 0.6 is 12.0 Å². The summed E-state index contributed by atoms with van der Waals surface area (Å²) < 4.78 is 3.81. The maximum atomic E-state index is 7.81. The maximum absolute atomic E-state index is 7.81. The molecule has 0 aromatic carbocycles. The second-order valence-electron chi connectivity index (χ2n) is 1.80. The van der Waals surface area contributed by atoms with Gasteiger partial charge in [0.1, 0.15) is 0 Å². The molecule has 0 atom stereocenters. The molecule has 42 valence electrons. The molecule has 0 aromatic rings. The van der Waals surface area contributed by atoms with Crippen molar-refractivity contribution < 1.29 is 9.59 Å². The molecule has 0 amide bonds. The van der Waals surface area contributed by atoms with Crippen molar-refractivity contribution in [1.29, 1.82) is 0 Å². The first-order chi connectivity index (χ1) is 3.43. The Hall–Kier alpha value is 0.270. The molecule has 0 spiro atoms. The van der Waals surface area contributed by atoms with E-state index in [0.29, 0.717) is 0 Å². The predicted octanol–water partition coefficient (Wildman–Crippen LogP) is 1.53. The maximum Gasteiger partial charge on any atom is 0.0314 e. The molecule has 7 heavy (non-hydrogen) atoms. The number of hydrogen-bond donors (Lipinski definition) is 1. The van der Waals surface area contributed by atoms with Gasteiger partial charge in [0.05, 0.1) is 0 Å². The molecule has 1 N–H and O–H groups in total. The number of rotatable bonds is 3. The van der Waals surface area contributed by atoms with Gasteiger partial charge >= 0.3 is 0 Å². The Morgan fingerprint density at radius 1 is 1.71 bits per heavy atom. The quantitative estimate of drug-likeness (QED) is 0.348. The molecule has 1 saturated carbocycles. The van der Waals surface area contributed by atoms with Crippen molar-refractivity contribution in [3.8, 4) is 0 Å². The Kier molecular flexibility index (Phi) is 1.97. The largest absolute Gasteiger partial charge is 0.239 e. The van der Waals surface area contributed by atoms with Gasteiger partial charge in [-0.3, -0.25) is 0 Å². The first-order valence-corrected chi connectivity index (χ1v) is 3.27. The average molecular weight is 120 g/mol. The smallest absolute Gasteiger partial charge is 0.0314 e. The highest BCUT2D eigenvalue weighted by Crippen LogP contribution is 2.32. The van der Waals surface area contributed by atoms with Gasteiger partial charge in [-0.1, -0.05) is 0 Å². The summed E-state index contributed by atoms with van der Waals surface area (Å²) >= 11 is 1.13. The molecule has 0 unspecified atom stereocenters. The van der Waals surface area contributed by atoms with Crippen LogP contribution in [0.2, 0.25) is 0 Å². The Balaban J connectivity index is 1.80. The molecular formula is C4H8O2S. The average Bonchev–Trinajstić information content (AvgIpc) is 2.42. The molecule has 0 saturated heterocycles. The van der Waals surface area contributed by atoms with Crippen LogP contribution in [-0.2, 0) is 4.33 Å². The van der Waals surface area contributed by atoms with Gasteiger partial charge in [0.15, 0.2) is 0 Å². The Morgan fingerprint density at radius 2 is 2.43 bits per heavy atom. The van der Waals surface area contributed by atoms with Crippen molar-refractivity contribution in [3.63, 3.8) is 0 Å². The third kappa shape index (κ3) is 2.16. The van der Waals surface area contributed by atoms with Crippen molar-refractivity contribution in [2.45, 2.75) is 12.8 Å². The van der Waals surface area contributed by atoms with Crippen molar-refractivity contribution >= 4 is 12.0 Å². The Bertz CT molecular complexity index is 53.7. The van der Waals surface area contributed by atoms with Gasteiger partial charge in [-0.05, 0) is 18.8 Å². The Morgan fingerprint density at radius 3 is 2.86 bits per heavy atom. The van der Waals surface area contributed by atoms with E-state index in [4.69, 9.17) is 5.26 Å². The van der Waals surface area contributed by atoms with E-state index in [1.165, 1.54) is 12.8 Å². The van der Waals surface area contributed by atoms with Crippen LogP contribution in [0.5, 0.6) is 0 Å². The zero-order valence-electron chi connectivity index (χ0n) is 3.96. The van der Waals surface area contributed by atoms with Gasteiger partial charge in [-0.15, -0.1) is 0 Å². The third-order valence-electron chi connectivity index (χ3n) is 1.05. The summed E-state index contributed by atoms with van der Waals surface area (Å²) in [5.74, 6) is 1.79. The zero-order valence-corrected chi connectivity index (χ0v) is 4.78. The van der Waals surface area contributed by atoms with E-state index < -0.39 is 0 Å². The molecule has 0 radical (unpaired) electrons. The normalized spacial score (nSPS) is 20.1. The van der Waals surface area contributed by atoms with Crippen LogP contribution in [0.3, 0.4) is 0 Å². The summed E-state index contributed by atoms with van der Waals surface area (Å²) in [6.07, 6.45) is 2.63. The van der Waals surface area contributed by atoms with Gasteiger partial charge in [0.25, 0.3) is 0 Å². The first kappa shape index (κ1) is 5.41. The highest BCUT2D eigenvalue weighted by Gasteiger charge is 2.20. The first-order valence-electron chi connectivity index (χ1n) is 2.36. The molecule has 1 aliphatic carbocycles. The minimum atomic E-state index is 0.831. The van der Waals surface area contributed by atoms with Gasteiger partial charge in [-0.2, -0.15) is 4.33 Å². The van der Waals surface area contributed by atoms with Crippen LogP contribution in [0.4, 0.5) is 0 Å². The van der Waals surface area contributed by atoms with Crippen molar-refractivity contribution in [2.75, 3.05) is 5.75 Å². The lowest BCUT2D eigenvalue weighted by Crippen LogP contribution is -1.78. The molecule has 1 rings (SSSR count). The summed E-state index contributed by atoms with van der Waals surface area (Å²) in [6, 6.07) is 0. The second kappa shape index (κ2) is 2.55. The lowest BCUT2D eigenvalue weighted by Gasteiger charge is -1.87. The van der Waals surface area contributed by atoms with Crippen LogP contribution in [0, 0.1) is 5.92 Å². The highest BCUT2D eigenvalue weighted by molar-refractivity contribution is 7.94. The third-order valence-corrected chi connectivity index (χ3v) is 1.77. The van der Waals surface area contributed by atoms with Gasteiger partial charge in [0, 0.05) is 17.8 Å². The topological polar surface area (TPSA) is 29.5 Å². The van der Waals surface area contributed by atoms with Gasteiger partial charge < -0.3 is 0 Å². The summed E-state index contributed by atoms with van der Waals surface area (Å²) in [5.41, 5.74) is 0. The van der Waals surface area contributed by atoms with E-state index in [1.807, 2.05) is 0 Å². The summed E-state index contributed by atoms with van der Waals surface area (Å²) in [4.78, 5) is 0. The predicted molar refractivity (Wildman–Crippen MR) is 28.9 cm³/mol. The zero-order chi connectivity index (χ0) is 5.11. The van der Waals surface area contributed by atoms with Crippen LogP contribution in [0.1, 0.15) is 12.8 Å². The molecule has 3 heteroatoms. The standard InChI is InChI=1S/C4H8O2S/c5-6-7-3-4-1-2-4/h4-5H,1-3H2. The molecule has 0 aliphatic heterocycles. The number of hydrogen-bond acceptors (Lipinski definition) is 3. The lowest BCUT2D eigenvalue weighted by atomic mass is 10.5. The molecule has 2 nitrogen and oxygen atoms in total. The molecule has 1 aliphatic rings. The lowest BCUT2D eigenvalue weighted by molar-refractivity contribution is -0.116. The molecule has 1 fully saturated rings. The molecule has 0 heterocycles. The van der Waals surface area contributed by atoms with Crippen LogP contribution < -0.4 is 0 Å². The van der Waals surface area contributed by atoms with Crippen molar-refractivity contribution in [3.05, 3.63) is 0 Å². The fourth-order valence-corrected chi connectivity index (χ4v) is 0.998. The van der Waals surface area contributed by atoms with E-state index in [0.717, 1.165) is 23.7 Å². The van der Waals surface area contributed by atoms with Gasteiger partial charge in [-0.25, -0.2) is 5.26 Å². The van der Waals surface area contributed by atoms with E-state index >= 15 is 0 Å². The highest BCUT2D eigenvalue weighted by atomic mass is 32.2. The summed E-state index contributed by atoms with van der Waals surface area (Å²) in [5, 5.41) is 7.81. The van der Waals surface area contributed by atoms with Crippen molar-refractivity contribution in [2.24, 2.45) is 5.92 Å².